The lowest BCUT2D eigenvalue weighted by Gasteiger charge is -2.23. The molecule has 6 nitrogen and oxygen atoms in total. The van der Waals surface area contributed by atoms with Gasteiger partial charge in [0.05, 0.1) is 11.7 Å². The first-order valence-electron chi connectivity index (χ1n) is 9.12. The summed E-state index contributed by atoms with van der Waals surface area (Å²) in [5, 5.41) is 13.6. The van der Waals surface area contributed by atoms with Gasteiger partial charge in [-0.15, -0.1) is 0 Å². The fourth-order valence-corrected chi connectivity index (χ4v) is 3.56. The molecule has 1 aliphatic rings. The minimum Gasteiger partial charge on any atom is -0.490 e. The van der Waals surface area contributed by atoms with Gasteiger partial charge in [-0.25, -0.2) is 4.42 Å². The fourth-order valence-electron chi connectivity index (χ4n) is 3.34. The maximum Gasteiger partial charge on any atom is 0.258 e. The van der Waals surface area contributed by atoms with Gasteiger partial charge in [0.1, 0.15) is 11.8 Å². The summed E-state index contributed by atoms with van der Waals surface area (Å²) in [6.45, 7) is 5.31. The third kappa shape index (κ3) is 3.59. The number of nitriles is 1. The number of benzene rings is 2. The summed E-state index contributed by atoms with van der Waals surface area (Å²) in [7, 11) is 0. The van der Waals surface area contributed by atoms with Crippen molar-refractivity contribution in [2.75, 3.05) is 6.54 Å². The van der Waals surface area contributed by atoms with Crippen molar-refractivity contribution in [3.8, 4) is 34.7 Å². The van der Waals surface area contributed by atoms with E-state index in [1.165, 1.54) is 11.1 Å². The Bertz CT molecular complexity index is 1050. The number of hydrogen-bond acceptors (Lipinski definition) is 6. The van der Waals surface area contributed by atoms with Gasteiger partial charge in [0, 0.05) is 24.2 Å². The summed E-state index contributed by atoms with van der Waals surface area (Å²) in [6.07, 6.45) is 0.819. The second-order valence-corrected chi connectivity index (χ2v) is 7.43. The molecule has 2 aromatic carbocycles. The van der Waals surface area contributed by atoms with E-state index in [-0.39, 0.29) is 6.10 Å². The van der Waals surface area contributed by atoms with Crippen molar-refractivity contribution < 1.29 is 9.26 Å². The molecule has 142 valence electrons. The van der Waals surface area contributed by atoms with E-state index in [9.17, 15) is 5.26 Å². The number of ether oxygens (including phenoxy) is 1. The summed E-state index contributed by atoms with van der Waals surface area (Å²) in [5.41, 5.74) is 4.45. The zero-order chi connectivity index (χ0) is 19.7. The van der Waals surface area contributed by atoms with Crippen LogP contribution in [0.5, 0.6) is 5.75 Å². The molecule has 0 bridgehead atoms. The molecule has 0 fully saturated rings. The number of hydrogen-bond donors (Lipinski definition) is 0. The van der Waals surface area contributed by atoms with Crippen LogP contribution < -0.4 is 4.74 Å². The van der Waals surface area contributed by atoms with Gasteiger partial charge in [-0.2, -0.15) is 10.2 Å². The van der Waals surface area contributed by atoms with Crippen molar-refractivity contribution in [2.24, 2.45) is 0 Å². The Morgan fingerprint density at radius 3 is 2.93 bits per heavy atom. The summed E-state index contributed by atoms with van der Waals surface area (Å²) >= 11 is 6.15. The van der Waals surface area contributed by atoms with Crippen molar-refractivity contribution in [2.45, 2.75) is 32.9 Å². The largest absolute Gasteiger partial charge is 0.490 e. The minimum absolute atomic E-state index is 0.0128. The van der Waals surface area contributed by atoms with Crippen LogP contribution in [0.2, 0.25) is 0 Å². The topological polar surface area (TPSA) is 75.2 Å². The van der Waals surface area contributed by atoms with Crippen LogP contribution in [-0.2, 0) is 13.0 Å². The molecule has 0 amide bonds. The van der Waals surface area contributed by atoms with Gasteiger partial charge in [0.2, 0.25) is 5.82 Å². The molecule has 3 aromatic rings. The molecule has 7 heteroatoms. The lowest BCUT2D eigenvalue weighted by Crippen LogP contribution is -2.22. The predicted octanol–water partition coefficient (Wildman–Crippen LogP) is 4.57. The average molecular weight is 395 g/mol. The van der Waals surface area contributed by atoms with Gasteiger partial charge in [-0.1, -0.05) is 23.4 Å². The highest BCUT2D eigenvalue weighted by molar-refractivity contribution is 6.13. The van der Waals surface area contributed by atoms with Crippen LogP contribution in [-0.4, -0.2) is 27.2 Å². The molecule has 0 atom stereocenters. The second kappa shape index (κ2) is 7.63. The molecule has 0 N–H and O–H groups in total. The zero-order valence-corrected chi connectivity index (χ0v) is 16.4. The molecule has 0 spiro atoms. The van der Waals surface area contributed by atoms with Crippen molar-refractivity contribution >= 4 is 11.8 Å². The van der Waals surface area contributed by atoms with Gasteiger partial charge < -0.3 is 9.26 Å². The molecular weight excluding hydrogens is 376 g/mol. The molecule has 1 aliphatic heterocycles. The Morgan fingerprint density at radius 2 is 2.14 bits per heavy atom. The molecule has 28 heavy (non-hydrogen) atoms. The summed E-state index contributed by atoms with van der Waals surface area (Å²) < 4.78 is 12.9. The highest BCUT2D eigenvalue weighted by atomic mass is 35.5. The van der Waals surface area contributed by atoms with E-state index < -0.39 is 0 Å². The van der Waals surface area contributed by atoms with Crippen molar-refractivity contribution in [3.63, 3.8) is 0 Å². The molecule has 4 rings (SSSR count). The smallest absolute Gasteiger partial charge is 0.258 e. The first kappa shape index (κ1) is 18.5. The van der Waals surface area contributed by atoms with Crippen molar-refractivity contribution in [1.82, 2.24) is 14.6 Å². The number of aromatic nitrogens is 2. The van der Waals surface area contributed by atoms with E-state index in [1.54, 1.807) is 16.6 Å². The Labute approximate surface area is 168 Å². The maximum atomic E-state index is 9.43. The van der Waals surface area contributed by atoms with Gasteiger partial charge >= 0.3 is 0 Å². The molecular formula is C21H19ClN4O2. The molecule has 2 heterocycles. The van der Waals surface area contributed by atoms with Crippen LogP contribution in [0.1, 0.15) is 30.5 Å². The first-order chi connectivity index (χ1) is 13.5. The lowest BCUT2D eigenvalue weighted by molar-refractivity contribution is 0.242. The summed E-state index contributed by atoms with van der Waals surface area (Å²) in [5.74, 6) is 1.45. The molecule has 1 aromatic heterocycles. The Kier molecular flexibility index (Phi) is 5.03. The van der Waals surface area contributed by atoms with Gasteiger partial charge in [-0.05, 0) is 61.4 Å². The molecule has 0 aliphatic carbocycles. The number of rotatable bonds is 4. The van der Waals surface area contributed by atoms with Crippen molar-refractivity contribution in [3.05, 3.63) is 53.1 Å². The summed E-state index contributed by atoms with van der Waals surface area (Å²) in [6, 6.07) is 13.5. The monoisotopic (exact) mass is 394 g/mol. The molecule has 0 radical (unpaired) electrons. The third-order valence-electron chi connectivity index (χ3n) is 4.60. The SMILES string of the molecule is CC(C)Oc1ccc(-c2nc(-c3cccc4c3CCN(Cl)C4)no2)cc1C#N. The quantitative estimate of drug-likeness (QED) is 0.603. The normalized spacial score (nSPS) is 14.0. The molecule has 0 saturated carbocycles. The Hall–Kier alpha value is -2.88. The third-order valence-corrected chi connectivity index (χ3v) is 4.88. The predicted molar refractivity (Wildman–Crippen MR) is 106 cm³/mol. The van der Waals surface area contributed by atoms with Crippen LogP contribution in [0.15, 0.2) is 40.9 Å². The standard InChI is InChI=1S/C21H19ClN4O2/c1-13(2)27-19-7-6-14(10-16(19)11-23)21-24-20(25-28-21)18-5-3-4-15-12-26(22)9-8-17(15)18/h3-7,10,13H,8-9,12H2,1-2H3. The molecule has 0 saturated heterocycles. The maximum absolute atomic E-state index is 9.43. The number of nitrogens with zero attached hydrogens (tertiary/aromatic N) is 4. The minimum atomic E-state index is -0.0128. The summed E-state index contributed by atoms with van der Waals surface area (Å²) in [4.78, 5) is 4.57. The zero-order valence-electron chi connectivity index (χ0n) is 15.6. The van der Waals surface area contributed by atoms with Crippen LogP contribution in [0, 0.1) is 11.3 Å². The highest BCUT2D eigenvalue weighted by Gasteiger charge is 2.21. The van der Waals surface area contributed by atoms with Gasteiger partial charge in [-0.3, -0.25) is 0 Å². The second-order valence-electron chi connectivity index (χ2n) is 6.95. The van der Waals surface area contributed by atoms with E-state index in [0.29, 0.717) is 35.1 Å². The van der Waals surface area contributed by atoms with Crippen LogP contribution >= 0.6 is 11.8 Å². The Morgan fingerprint density at radius 1 is 1.29 bits per heavy atom. The van der Waals surface area contributed by atoms with Crippen LogP contribution in [0.3, 0.4) is 0 Å². The van der Waals surface area contributed by atoms with Gasteiger partial charge in [0.15, 0.2) is 0 Å². The van der Waals surface area contributed by atoms with Gasteiger partial charge in [0.25, 0.3) is 5.89 Å². The lowest BCUT2D eigenvalue weighted by atomic mass is 9.95. The van der Waals surface area contributed by atoms with E-state index in [2.05, 4.69) is 22.3 Å². The molecule has 0 unspecified atom stereocenters. The highest BCUT2D eigenvalue weighted by Crippen LogP contribution is 2.32. The van der Waals surface area contributed by atoms with Crippen LogP contribution in [0.4, 0.5) is 0 Å². The van der Waals surface area contributed by atoms with E-state index in [1.807, 2.05) is 32.0 Å². The first-order valence-corrected chi connectivity index (χ1v) is 9.45. The fraction of sp³-hybridized carbons (Fsp3) is 0.286. The number of fused-ring (bicyclic) bond motifs is 1. The van der Waals surface area contributed by atoms with Crippen LogP contribution in [0.25, 0.3) is 22.8 Å². The van der Waals surface area contributed by atoms with Crippen molar-refractivity contribution in [1.29, 1.82) is 5.26 Å². The van der Waals surface area contributed by atoms with E-state index >= 15 is 0 Å². The van der Waals surface area contributed by atoms with E-state index in [0.717, 1.165) is 18.5 Å². The number of halogens is 1. The average Bonchev–Trinajstić information content (AvgIpc) is 3.17. The van der Waals surface area contributed by atoms with E-state index in [4.69, 9.17) is 21.0 Å². The Balaban J connectivity index is 1.68.